The number of rotatable bonds is 3. The molecular weight excluding hydrogens is 252 g/mol. The molecule has 0 aliphatic rings. The molecule has 1 heterocycles. The fraction of sp³-hybridized carbons (Fsp3) is 0.0769. The van der Waals surface area contributed by atoms with Crippen LogP contribution in [0.25, 0.3) is 0 Å². The van der Waals surface area contributed by atoms with E-state index >= 15 is 0 Å². The SMILES string of the molecule is COc1cc(Cl)ccc1C(=O)c1cnccc1N. The van der Waals surface area contributed by atoms with Gasteiger partial charge in [-0.3, -0.25) is 9.78 Å². The van der Waals surface area contributed by atoms with Crippen molar-refractivity contribution < 1.29 is 9.53 Å². The Bertz CT molecular complexity index is 599. The first-order chi connectivity index (χ1) is 8.63. The Labute approximate surface area is 109 Å². The molecule has 2 aromatic rings. The predicted molar refractivity (Wildman–Crippen MR) is 70.1 cm³/mol. The number of aromatic nitrogens is 1. The van der Waals surface area contributed by atoms with Crippen molar-refractivity contribution in [3.8, 4) is 5.75 Å². The lowest BCUT2D eigenvalue weighted by Gasteiger charge is -2.09. The minimum atomic E-state index is -0.242. The van der Waals surface area contributed by atoms with E-state index < -0.39 is 0 Å². The average molecular weight is 263 g/mol. The van der Waals surface area contributed by atoms with E-state index in [4.69, 9.17) is 22.1 Å². The molecule has 0 saturated heterocycles. The highest BCUT2D eigenvalue weighted by atomic mass is 35.5. The normalized spacial score (nSPS) is 10.1. The zero-order chi connectivity index (χ0) is 13.1. The number of ether oxygens (including phenoxy) is 1. The van der Waals surface area contributed by atoms with Crippen LogP contribution in [0.15, 0.2) is 36.7 Å². The van der Waals surface area contributed by atoms with Crippen molar-refractivity contribution in [1.82, 2.24) is 4.98 Å². The number of halogens is 1. The molecule has 2 rings (SSSR count). The maximum atomic E-state index is 12.3. The molecule has 1 aromatic heterocycles. The van der Waals surface area contributed by atoms with Gasteiger partial charge in [0, 0.05) is 23.1 Å². The number of nitrogens with two attached hydrogens (primary N) is 1. The Morgan fingerprint density at radius 3 is 2.78 bits per heavy atom. The molecule has 2 N–H and O–H groups in total. The van der Waals surface area contributed by atoms with Gasteiger partial charge in [0.25, 0.3) is 0 Å². The summed E-state index contributed by atoms with van der Waals surface area (Å²) in [4.78, 5) is 16.2. The number of hydrogen-bond donors (Lipinski definition) is 1. The number of nitrogen functional groups attached to an aromatic ring is 1. The Morgan fingerprint density at radius 1 is 1.33 bits per heavy atom. The van der Waals surface area contributed by atoms with Gasteiger partial charge >= 0.3 is 0 Å². The summed E-state index contributed by atoms with van der Waals surface area (Å²) in [5.41, 5.74) is 6.88. The number of benzene rings is 1. The molecule has 1 aromatic carbocycles. The van der Waals surface area contributed by atoms with Crippen molar-refractivity contribution in [2.45, 2.75) is 0 Å². The summed E-state index contributed by atoms with van der Waals surface area (Å²) in [5, 5.41) is 0.502. The molecule has 0 unspecified atom stereocenters. The van der Waals surface area contributed by atoms with Crippen molar-refractivity contribution >= 4 is 23.1 Å². The van der Waals surface area contributed by atoms with Crippen molar-refractivity contribution in [3.63, 3.8) is 0 Å². The number of anilines is 1. The topological polar surface area (TPSA) is 65.2 Å². The molecule has 0 amide bonds. The minimum absolute atomic E-state index is 0.242. The van der Waals surface area contributed by atoms with Crippen LogP contribution in [-0.2, 0) is 0 Å². The standard InChI is InChI=1S/C13H11ClN2O2/c1-18-12-6-8(14)2-3-9(12)13(17)10-7-16-5-4-11(10)15/h2-7H,1H3,(H2,15,16). The Morgan fingerprint density at radius 2 is 2.11 bits per heavy atom. The van der Waals surface area contributed by atoms with E-state index in [-0.39, 0.29) is 5.78 Å². The van der Waals surface area contributed by atoms with Gasteiger partial charge in [0.2, 0.25) is 0 Å². The first-order valence-electron chi connectivity index (χ1n) is 5.21. The molecule has 0 bridgehead atoms. The molecule has 0 aliphatic heterocycles. The minimum Gasteiger partial charge on any atom is -0.496 e. The van der Waals surface area contributed by atoms with E-state index in [0.717, 1.165) is 0 Å². The lowest BCUT2D eigenvalue weighted by atomic mass is 10.0. The van der Waals surface area contributed by atoms with Crippen molar-refractivity contribution in [1.29, 1.82) is 0 Å². The van der Waals surface area contributed by atoms with Gasteiger partial charge < -0.3 is 10.5 Å². The number of carbonyl (C=O) groups excluding carboxylic acids is 1. The van der Waals surface area contributed by atoms with Gasteiger partial charge in [-0.15, -0.1) is 0 Å². The van der Waals surface area contributed by atoms with Gasteiger partial charge in [0.1, 0.15) is 5.75 Å². The number of methoxy groups -OCH3 is 1. The quantitative estimate of drug-likeness (QED) is 0.864. The third-order valence-corrected chi connectivity index (χ3v) is 2.74. The van der Waals surface area contributed by atoms with E-state index in [9.17, 15) is 4.79 Å². The van der Waals surface area contributed by atoms with E-state index in [1.54, 1.807) is 24.3 Å². The highest BCUT2D eigenvalue weighted by Gasteiger charge is 2.17. The monoisotopic (exact) mass is 262 g/mol. The lowest BCUT2D eigenvalue weighted by molar-refractivity contribution is 0.103. The van der Waals surface area contributed by atoms with Crippen LogP contribution in [0.2, 0.25) is 5.02 Å². The van der Waals surface area contributed by atoms with Crippen LogP contribution in [0.5, 0.6) is 5.75 Å². The molecule has 92 valence electrons. The number of carbonyl (C=O) groups is 1. The van der Waals surface area contributed by atoms with Crippen LogP contribution in [0.1, 0.15) is 15.9 Å². The second-order valence-electron chi connectivity index (χ2n) is 3.64. The zero-order valence-corrected chi connectivity index (χ0v) is 10.4. The largest absolute Gasteiger partial charge is 0.496 e. The molecule has 0 aliphatic carbocycles. The van der Waals surface area contributed by atoms with Gasteiger partial charge in [0.15, 0.2) is 5.78 Å². The van der Waals surface area contributed by atoms with Crippen LogP contribution in [0, 0.1) is 0 Å². The summed E-state index contributed by atoms with van der Waals surface area (Å²) >= 11 is 5.85. The van der Waals surface area contributed by atoms with Gasteiger partial charge in [-0.2, -0.15) is 0 Å². The summed E-state index contributed by atoms with van der Waals surface area (Å²) < 4.78 is 5.14. The lowest BCUT2D eigenvalue weighted by Crippen LogP contribution is -2.07. The maximum absolute atomic E-state index is 12.3. The van der Waals surface area contributed by atoms with E-state index in [2.05, 4.69) is 4.98 Å². The third-order valence-electron chi connectivity index (χ3n) is 2.51. The molecule has 5 heteroatoms. The van der Waals surface area contributed by atoms with Crippen LogP contribution >= 0.6 is 11.6 Å². The zero-order valence-electron chi connectivity index (χ0n) is 9.68. The fourth-order valence-corrected chi connectivity index (χ4v) is 1.75. The summed E-state index contributed by atoms with van der Waals surface area (Å²) in [7, 11) is 1.48. The first-order valence-corrected chi connectivity index (χ1v) is 5.59. The maximum Gasteiger partial charge on any atom is 0.200 e. The molecule has 0 radical (unpaired) electrons. The Hall–Kier alpha value is -2.07. The van der Waals surface area contributed by atoms with Crippen molar-refractivity contribution in [3.05, 3.63) is 52.8 Å². The highest BCUT2D eigenvalue weighted by molar-refractivity contribution is 6.31. The van der Waals surface area contributed by atoms with E-state index in [1.165, 1.54) is 19.5 Å². The van der Waals surface area contributed by atoms with Gasteiger partial charge in [-0.25, -0.2) is 0 Å². The van der Waals surface area contributed by atoms with Crippen LogP contribution in [0.4, 0.5) is 5.69 Å². The molecule has 0 spiro atoms. The molecule has 0 atom stereocenters. The summed E-state index contributed by atoms with van der Waals surface area (Å²) in [6, 6.07) is 6.40. The Kier molecular flexibility index (Phi) is 3.48. The van der Waals surface area contributed by atoms with Crippen molar-refractivity contribution in [2.75, 3.05) is 12.8 Å². The third kappa shape index (κ3) is 2.28. The number of pyridine rings is 1. The molecule has 0 fully saturated rings. The molecule has 4 nitrogen and oxygen atoms in total. The second kappa shape index (κ2) is 5.06. The molecule has 0 saturated carbocycles. The predicted octanol–water partition coefficient (Wildman–Crippen LogP) is 2.56. The first kappa shape index (κ1) is 12.4. The van der Waals surface area contributed by atoms with Crippen LogP contribution in [0.3, 0.4) is 0 Å². The molecule has 18 heavy (non-hydrogen) atoms. The van der Waals surface area contributed by atoms with Gasteiger partial charge in [-0.05, 0) is 24.3 Å². The average Bonchev–Trinajstić information content (AvgIpc) is 2.38. The number of ketones is 1. The van der Waals surface area contributed by atoms with Crippen molar-refractivity contribution in [2.24, 2.45) is 0 Å². The number of hydrogen-bond acceptors (Lipinski definition) is 4. The fourth-order valence-electron chi connectivity index (χ4n) is 1.59. The van der Waals surface area contributed by atoms with Gasteiger partial charge in [0.05, 0.1) is 18.2 Å². The smallest absolute Gasteiger partial charge is 0.200 e. The Balaban J connectivity index is 2.50. The van der Waals surface area contributed by atoms with E-state index in [1.807, 2.05) is 0 Å². The van der Waals surface area contributed by atoms with Gasteiger partial charge in [-0.1, -0.05) is 11.6 Å². The summed E-state index contributed by atoms with van der Waals surface area (Å²) in [5.74, 6) is 0.171. The van der Waals surface area contributed by atoms with Crippen LogP contribution in [-0.4, -0.2) is 17.9 Å². The summed E-state index contributed by atoms with van der Waals surface area (Å²) in [6.45, 7) is 0. The second-order valence-corrected chi connectivity index (χ2v) is 4.07. The summed E-state index contributed by atoms with van der Waals surface area (Å²) in [6.07, 6.45) is 2.97. The number of nitrogens with zero attached hydrogens (tertiary/aromatic N) is 1. The molecular formula is C13H11ClN2O2. The van der Waals surface area contributed by atoms with E-state index in [0.29, 0.717) is 27.6 Å². The van der Waals surface area contributed by atoms with Crippen LogP contribution < -0.4 is 10.5 Å². The highest BCUT2D eigenvalue weighted by Crippen LogP contribution is 2.26.